The highest BCUT2D eigenvalue weighted by atomic mass is 16.5. The zero-order chi connectivity index (χ0) is 11.0. The topological polar surface area (TPSA) is 49.9 Å². The second-order valence-electron chi connectivity index (χ2n) is 4.80. The van der Waals surface area contributed by atoms with Gasteiger partial charge in [0.25, 0.3) is 0 Å². The van der Waals surface area contributed by atoms with Gasteiger partial charge in [0.2, 0.25) is 0 Å². The SMILES string of the molecule is CC1(CNc2cccc3cn[nH]c23)COC1. The number of nitrogens with zero attached hydrogens (tertiary/aromatic N) is 1. The molecule has 0 spiro atoms. The summed E-state index contributed by atoms with van der Waals surface area (Å²) >= 11 is 0. The molecular weight excluding hydrogens is 202 g/mol. The van der Waals surface area contributed by atoms with E-state index in [0.29, 0.717) is 0 Å². The number of anilines is 1. The Morgan fingerprint density at radius 1 is 1.50 bits per heavy atom. The van der Waals surface area contributed by atoms with Crippen LogP contribution in [0.2, 0.25) is 0 Å². The highest BCUT2D eigenvalue weighted by Crippen LogP contribution is 2.28. The molecule has 2 heterocycles. The first-order valence-corrected chi connectivity index (χ1v) is 5.51. The molecule has 2 N–H and O–H groups in total. The van der Waals surface area contributed by atoms with Crippen molar-refractivity contribution in [2.24, 2.45) is 5.41 Å². The third-order valence-corrected chi connectivity index (χ3v) is 3.08. The van der Waals surface area contributed by atoms with Gasteiger partial charge in [-0.05, 0) is 6.07 Å². The summed E-state index contributed by atoms with van der Waals surface area (Å²) in [4.78, 5) is 0. The van der Waals surface area contributed by atoms with Crippen LogP contribution in [-0.2, 0) is 4.74 Å². The van der Waals surface area contributed by atoms with Gasteiger partial charge in [-0.3, -0.25) is 5.10 Å². The molecule has 0 bridgehead atoms. The summed E-state index contributed by atoms with van der Waals surface area (Å²) in [6, 6.07) is 6.17. The van der Waals surface area contributed by atoms with Crippen molar-refractivity contribution in [2.45, 2.75) is 6.92 Å². The second-order valence-corrected chi connectivity index (χ2v) is 4.80. The molecule has 84 valence electrons. The molecule has 1 aromatic carbocycles. The van der Waals surface area contributed by atoms with Crippen molar-refractivity contribution < 1.29 is 4.74 Å². The van der Waals surface area contributed by atoms with E-state index in [-0.39, 0.29) is 5.41 Å². The van der Waals surface area contributed by atoms with E-state index in [1.165, 1.54) is 0 Å². The molecule has 1 fully saturated rings. The molecule has 4 nitrogen and oxygen atoms in total. The number of rotatable bonds is 3. The van der Waals surface area contributed by atoms with Gasteiger partial charge >= 0.3 is 0 Å². The summed E-state index contributed by atoms with van der Waals surface area (Å²) in [5.74, 6) is 0. The number of ether oxygens (including phenoxy) is 1. The number of para-hydroxylation sites is 1. The predicted octanol–water partition coefficient (Wildman–Crippen LogP) is 2.01. The van der Waals surface area contributed by atoms with Crippen LogP contribution >= 0.6 is 0 Å². The van der Waals surface area contributed by atoms with Gasteiger partial charge in [-0.15, -0.1) is 0 Å². The van der Waals surface area contributed by atoms with Crippen molar-refractivity contribution in [2.75, 3.05) is 25.1 Å². The van der Waals surface area contributed by atoms with Gasteiger partial charge in [-0.25, -0.2) is 0 Å². The molecular formula is C12H15N3O. The largest absolute Gasteiger partial charge is 0.383 e. The maximum absolute atomic E-state index is 5.24. The van der Waals surface area contributed by atoms with Crippen LogP contribution in [0.4, 0.5) is 5.69 Å². The minimum absolute atomic E-state index is 0.280. The van der Waals surface area contributed by atoms with Gasteiger partial charge in [0.1, 0.15) is 0 Å². The Hall–Kier alpha value is -1.55. The van der Waals surface area contributed by atoms with Crippen LogP contribution in [0.3, 0.4) is 0 Å². The van der Waals surface area contributed by atoms with Gasteiger partial charge in [-0.1, -0.05) is 19.1 Å². The number of nitrogens with one attached hydrogen (secondary N) is 2. The van der Waals surface area contributed by atoms with Crippen LogP contribution in [-0.4, -0.2) is 30.0 Å². The van der Waals surface area contributed by atoms with E-state index in [0.717, 1.165) is 36.3 Å². The summed E-state index contributed by atoms with van der Waals surface area (Å²) in [6.07, 6.45) is 1.84. The Morgan fingerprint density at radius 3 is 3.12 bits per heavy atom. The molecule has 0 saturated carbocycles. The van der Waals surface area contributed by atoms with Gasteiger partial charge < -0.3 is 10.1 Å². The van der Waals surface area contributed by atoms with Crippen molar-refractivity contribution in [3.63, 3.8) is 0 Å². The number of hydrogen-bond acceptors (Lipinski definition) is 3. The highest BCUT2D eigenvalue weighted by Gasteiger charge is 2.33. The number of aromatic amines is 1. The summed E-state index contributed by atoms with van der Waals surface area (Å²) < 4.78 is 5.24. The Labute approximate surface area is 94.0 Å². The molecule has 1 aliphatic rings. The molecule has 0 radical (unpaired) electrons. The average molecular weight is 217 g/mol. The molecule has 1 saturated heterocycles. The minimum atomic E-state index is 0.280. The summed E-state index contributed by atoms with van der Waals surface area (Å²) in [5.41, 5.74) is 2.47. The quantitative estimate of drug-likeness (QED) is 0.826. The van der Waals surface area contributed by atoms with Crippen molar-refractivity contribution >= 4 is 16.6 Å². The van der Waals surface area contributed by atoms with E-state index in [1.54, 1.807) is 0 Å². The summed E-state index contributed by atoms with van der Waals surface area (Å²) in [7, 11) is 0. The first-order chi connectivity index (χ1) is 7.77. The summed E-state index contributed by atoms with van der Waals surface area (Å²) in [5, 5.41) is 11.7. The van der Waals surface area contributed by atoms with Crippen molar-refractivity contribution in [3.05, 3.63) is 24.4 Å². The lowest BCUT2D eigenvalue weighted by Crippen LogP contribution is -2.45. The highest BCUT2D eigenvalue weighted by molar-refractivity contribution is 5.89. The number of hydrogen-bond donors (Lipinski definition) is 2. The lowest BCUT2D eigenvalue weighted by molar-refractivity contribution is -0.0924. The fraction of sp³-hybridized carbons (Fsp3) is 0.417. The Balaban J connectivity index is 1.81. The maximum Gasteiger partial charge on any atom is 0.0881 e. The van der Waals surface area contributed by atoms with Crippen LogP contribution in [0.15, 0.2) is 24.4 Å². The van der Waals surface area contributed by atoms with E-state index in [9.17, 15) is 0 Å². The van der Waals surface area contributed by atoms with E-state index >= 15 is 0 Å². The van der Waals surface area contributed by atoms with Gasteiger partial charge in [0, 0.05) is 17.3 Å². The predicted molar refractivity (Wildman–Crippen MR) is 63.5 cm³/mol. The molecule has 0 amide bonds. The summed E-state index contributed by atoms with van der Waals surface area (Å²) in [6.45, 7) is 4.86. The fourth-order valence-corrected chi connectivity index (χ4v) is 1.98. The zero-order valence-corrected chi connectivity index (χ0v) is 9.29. The normalized spacial score (nSPS) is 18.3. The molecule has 16 heavy (non-hydrogen) atoms. The number of fused-ring (bicyclic) bond motifs is 1. The van der Waals surface area contributed by atoms with E-state index in [4.69, 9.17) is 4.74 Å². The van der Waals surface area contributed by atoms with E-state index < -0.39 is 0 Å². The third-order valence-electron chi connectivity index (χ3n) is 3.08. The molecule has 1 aromatic heterocycles. The first kappa shape index (κ1) is 9.66. The van der Waals surface area contributed by atoms with Gasteiger partial charge in [0.15, 0.2) is 0 Å². The van der Waals surface area contributed by atoms with E-state index in [2.05, 4.69) is 34.6 Å². The molecule has 4 heteroatoms. The van der Waals surface area contributed by atoms with Gasteiger partial charge in [0.05, 0.1) is 30.6 Å². The monoisotopic (exact) mass is 217 g/mol. The van der Waals surface area contributed by atoms with Crippen molar-refractivity contribution in [1.82, 2.24) is 10.2 Å². The van der Waals surface area contributed by atoms with Crippen LogP contribution in [0.1, 0.15) is 6.92 Å². The van der Waals surface area contributed by atoms with Crippen LogP contribution in [0.25, 0.3) is 10.9 Å². The zero-order valence-electron chi connectivity index (χ0n) is 9.29. The lowest BCUT2D eigenvalue weighted by Gasteiger charge is -2.38. The third kappa shape index (κ3) is 1.55. The number of H-pyrrole nitrogens is 1. The number of aromatic nitrogens is 2. The minimum Gasteiger partial charge on any atom is -0.383 e. The Bertz CT molecular complexity index is 502. The van der Waals surface area contributed by atoms with Gasteiger partial charge in [-0.2, -0.15) is 5.10 Å². The Morgan fingerprint density at radius 2 is 2.38 bits per heavy atom. The Kier molecular flexibility index (Phi) is 2.11. The second kappa shape index (κ2) is 3.49. The molecule has 3 rings (SSSR count). The molecule has 1 aliphatic heterocycles. The maximum atomic E-state index is 5.24. The van der Waals surface area contributed by atoms with Crippen LogP contribution in [0, 0.1) is 5.41 Å². The fourth-order valence-electron chi connectivity index (χ4n) is 1.98. The molecule has 0 atom stereocenters. The van der Waals surface area contributed by atoms with Crippen LogP contribution < -0.4 is 5.32 Å². The number of benzene rings is 1. The van der Waals surface area contributed by atoms with Crippen LogP contribution in [0.5, 0.6) is 0 Å². The standard InChI is InChI=1S/C12H15N3O/c1-12(7-16-8-12)6-13-10-4-2-3-9-5-14-15-11(9)10/h2-5,13H,6-8H2,1H3,(H,14,15). The van der Waals surface area contributed by atoms with Crippen molar-refractivity contribution in [1.29, 1.82) is 0 Å². The first-order valence-electron chi connectivity index (χ1n) is 5.51. The average Bonchev–Trinajstić information content (AvgIpc) is 2.72. The molecule has 0 unspecified atom stereocenters. The van der Waals surface area contributed by atoms with Crippen molar-refractivity contribution in [3.8, 4) is 0 Å². The lowest BCUT2D eigenvalue weighted by atomic mass is 9.88. The molecule has 2 aromatic rings. The molecule has 0 aliphatic carbocycles. The van der Waals surface area contributed by atoms with E-state index in [1.807, 2.05) is 12.3 Å². The smallest absolute Gasteiger partial charge is 0.0881 e.